The Balaban J connectivity index is 0.894. The van der Waals surface area contributed by atoms with Gasteiger partial charge in [-0.05, 0) is 122 Å². The number of nitrogens with zero attached hydrogens (tertiary/aromatic N) is 4. The molecule has 0 bridgehead atoms. The van der Waals surface area contributed by atoms with E-state index in [4.69, 9.17) is 9.97 Å². The van der Waals surface area contributed by atoms with Crippen molar-refractivity contribution in [1.82, 2.24) is 15.0 Å². The minimum absolute atomic E-state index is 0.0396. The van der Waals surface area contributed by atoms with Crippen molar-refractivity contribution in [3.8, 4) is 95.6 Å². The van der Waals surface area contributed by atoms with Crippen molar-refractivity contribution in [2.75, 3.05) is 0 Å². The summed E-state index contributed by atoms with van der Waals surface area (Å²) < 4.78 is 0. The Kier molecular flexibility index (Phi) is 9.44. The Labute approximate surface area is 362 Å². The molecule has 2 aliphatic carbocycles. The van der Waals surface area contributed by atoms with E-state index in [-0.39, 0.29) is 5.41 Å². The van der Waals surface area contributed by atoms with Crippen molar-refractivity contribution in [3.05, 3.63) is 211 Å². The van der Waals surface area contributed by atoms with Gasteiger partial charge < -0.3 is 0 Å². The van der Waals surface area contributed by atoms with E-state index < -0.39 is 0 Å². The highest BCUT2D eigenvalue weighted by molar-refractivity contribution is 5.86. The average Bonchev–Trinajstić information content (AvgIpc) is 3.61. The van der Waals surface area contributed by atoms with E-state index in [0.29, 0.717) is 5.82 Å². The lowest BCUT2D eigenvalue weighted by Gasteiger charge is -2.36. The van der Waals surface area contributed by atoms with Crippen LogP contribution in [0.25, 0.3) is 89.5 Å². The molecule has 1 saturated carbocycles. The van der Waals surface area contributed by atoms with Gasteiger partial charge in [0, 0.05) is 34.5 Å². The first-order valence-corrected chi connectivity index (χ1v) is 21.6. The molecule has 294 valence electrons. The van der Waals surface area contributed by atoms with E-state index in [1.807, 2.05) is 36.5 Å². The second-order valence-corrected chi connectivity index (χ2v) is 16.7. The van der Waals surface area contributed by atoms with Crippen molar-refractivity contribution >= 4 is 0 Å². The van der Waals surface area contributed by atoms with Gasteiger partial charge in [0.05, 0.1) is 23.0 Å². The Morgan fingerprint density at radius 1 is 0.403 bits per heavy atom. The molecule has 4 heteroatoms. The van der Waals surface area contributed by atoms with Crippen LogP contribution in [0.4, 0.5) is 0 Å². The van der Waals surface area contributed by atoms with E-state index in [1.54, 1.807) is 6.20 Å². The molecule has 0 atom stereocenters. The molecular formula is C58H42N4. The summed E-state index contributed by atoms with van der Waals surface area (Å²) in [6.45, 7) is 0. The topological polar surface area (TPSA) is 62.5 Å². The highest BCUT2D eigenvalue weighted by Gasteiger charge is 2.43. The van der Waals surface area contributed by atoms with Gasteiger partial charge in [0.15, 0.2) is 5.82 Å². The van der Waals surface area contributed by atoms with Gasteiger partial charge in [-0.3, -0.25) is 4.98 Å². The SMILES string of the molecule is N#Cc1ccc2c(c1)-c1ccc(-c3ccc(-c4cccc(-c5cccc(-c6cc(-c7ccc(-c8cccnc8)cc7)nc(-c7ccccc7)n6)c5)c4)cc3)cc1C21CCCCC1. The maximum atomic E-state index is 9.70. The lowest BCUT2D eigenvalue weighted by atomic mass is 9.67. The summed E-state index contributed by atoms with van der Waals surface area (Å²) >= 11 is 0. The van der Waals surface area contributed by atoms with E-state index >= 15 is 0 Å². The summed E-state index contributed by atoms with van der Waals surface area (Å²) in [5.74, 6) is 0.693. The molecular weight excluding hydrogens is 753 g/mol. The zero-order valence-electron chi connectivity index (χ0n) is 34.3. The molecule has 0 unspecified atom stereocenters. The molecule has 1 fully saturated rings. The molecule has 1 spiro atoms. The second kappa shape index (κ2) is 15.7. The number of aromatic nitrogens is 3. The van der Waals surface area contributed by atoms with Crippen molar-refractivity contribution in [3.63, 3.8) is 0 Å². The number of rotatable bonds is 7. The lowest BCUT2D eigenvalue weighted by molar-refractivity contribution is 0.353. The Bertz CT molecular complexity index is 3140. The molecule has 2 aliphatic rings. The van der Waals surface area contributed by atoms with Crippen LogP contribution in [0.15, 0.2) is 194 Å². The van der Waals surface area contributed by atoms with Crippen LogP contribution in [0.2, 0.25) is 0 Å². The highest BCUT2D eigenvalue weighted by atomic mass is 14.9. The summed E-state index contributed by atoms with van der Waals surface area (Å²) in [5.41, 5.74) is 20.2. The van der Waals surface area contributed by atoms with Gasteiger partial charge in [0.2, 0.25) is 0 Å². The third-order valence-corrected chi connectivity index (χ3v) is 13.0. The first-order valence-electron chi connectivity index (χ1n) is 21.6. The third-order valence-electron chi connectivity index (χ3n) is 13.0. The minimum atomic E-state index is 0.0396. The van der Waals surface area contributed by atoms with Gasteiger partial charge in [-0.15, -0.1) is 0 Å². The van der Waals surface area contributed by atoms with E-state index in [9.17, 15) is 5.26 Å². The monoisotopic (exact) mass is 794 g/mol. The fourth-order valence-electron chi connectivity index (χ4n) is 9.87. The van der Waals surface area contributed by atoms with Gasteiger partial charge in [-0.1, -0.05) is 159 Å². The standard InChI is InChI=1S/C58H42N4/c59-37-39-17-28-53-52(32-39)51-27-26-48(35-54(51)58(53)29-5-2-6-30-58)41-20-18-40(19-21-41)45-12-7-13-46(33-45)47-14-8-15-49(34-47)56-36-55(61-57(62-56)44-10-3-1-4-11-44)43-24-22-42(23-25-43)50-16-9-31-60-38-50/h1,3-4,7-28,31-36,38H,2,5-6,29-30H2. The number of hydrogen-bond acceptors (Lipinski definition) is 4. The molecule has 7 aromatic carbocycles. The van der Waals surface area contributed by atoms with Crippen LogP contribution in [-0.4, -0.2) is 15.0 Å². The lowest BCUT2D eigenvalue weighted by Crippen LogP contribution is -2.28. The normalized spacial score (nSPS) is 13.6. The van der Waals surface area contributed by atoms with Gasteiger partial charge >= 0.3 is 0 Å². The van der Waals surface area contributed by atoms with Gasteiger partial charge in [-0.25, -0.2) is 9.97 Å². The second-order valence-electron chi connectivity index (χ2n) is 16.7. The molecule has 0 N–H and O–H groups in total. The largest absolute Gasteiger partial charge is 0.264 e. The fraction of sp³-hybridized carbons (Fsp3) is 0.103. The maximum absolute atomic E-state index is 9.70. The molecule has 11 rings (SSSR count). The molecule has 4 nitrogen and oxygen atoms in total. The first-order chi connectivity index (χ1) is 30.6. The molecule has 62 heavy (non-hydrogen) atoms. The van der Waals surface area contributed by atoms with Crippen molar-refractivity contribution in [1.29, 1.82) is 5.26 Å². The van der Waals surface area contributed by atoms with Crippen LogP contribution in [0.1, 0.15) is 48.8 Å². The van der Waals surface area contributed by atoms with Crippen LogP contribution < -0.4 is 0 Å². The number of nitriles is 1. The van der Waals surface area contributed by atoms with Gasteiger partial charge in [0.1, 0.15) is 0 Å². The van der Waals surface area contributed by atoms with E-state index in [2.05, 4.69) is 163 Å². The summed E-state index contributed by atoms with van der Waals surface area (Å²) in [6.07, 6.45) is 9.78. The third kappa shape index (κ3) is 6.79. The summed E-state index contributed by atoms with van der Waals surface area (Å²) in [6, 6.07) is 67.1. The zero-order valence-corrected chi connectivity index (χ0v) is 34.3. The van der Waals surface area contributed by atoms with Crippen LogP contribution in [-0.2, 0) is 5.41 Å². The minimum Gasteiger partial charge on any atom is -0.264 e. The van der Waals surface area contributed by atoms with Crippen LogP contribution >= 0.6 is 0 Å². The number of benzene rings is 7. The molecule has 0 amide bonds. The van der Waals surface area contributed by atoms with Gasteiger partial charge in [-0.2, -0.15) is 5.26 Å². The Morgan fingerprint density at radius 2 is 0.968 bits per heavy atom. The van der Waals surface area contributed by atoms with Gasteiger partial charge in [0.25, 0.3) is 0 Å². The van der Waals surface area contributed by atoms with Crippen LogP contribution in [0.5, 0.6) is 0 Å². The summed E-state index contributed by atoms with van der Waals surface area (Å²) in [7, 11) is 0. The van der Waals surface area contributed by atoms with Crippen molar-refractivity contribution in [2.45, 2.75) is 37.5 Å². The first kappa shape index (κ1) is 37.3. The highest BCUT2D eigenvalue weighted by Crippen LogP contribution is 2.56. The van der Waals surface area contributed by atoms with E-state index in [0.717, 1.165) is 68.7 Å². The smallest absolute Gasteiger partial charge is 0.160 e. The number of fused-ring (bicyclic) bond motifs is 5. The molecule has 0 saturated heterocycles. The predicted octanol–water partition coefficient (Wildman–Crippen LogP) is 14.6. The quantitative estimate of drug-likeness (QED) is 0.161. The zero-order chi connectivity index (χ0) is 41.5. The van der Waals surface area contributed by atoms with Crippen molar-refractivity contribution in [2.24, 2.45) is 0 Å². The van der Waals surface area contributed by atoms with Crippen molar-refractivity contribution < 1.29 is 0 Å². The maximum Gasteiger partial charge on any atom is 0.160 e. The molecule has 0 aliphatic heterocycles. The fourth-order valence-corrected chi connectivity index (χ4v) is 9.87. The summed E-state index contributed by atoms with van der Waals surface area (Å²) in [5, 5.41) is 9.70. The van der Waals surface area contributed by atoms with Crippen LogP contribution in [0, 0.1) is 11.3 Å². The predicted molar refractivity (Wildman–Crippen MR) is 252 cm³/mol. The number of pyridine rings is 1. The molecule has 2 aromatic heterocycles. The van der Waals surface area contributed by atoms with Crippen LogP contribution in [0.3, 0.4) is 0 Å². The molecule has 2 heterocycles. The Morgan fingerprint density at radius 3 is 1.65 bits per heavy atom. The Hall–Kier alpha value is -7.74. The molecule has 0 radical (unpaired) electrons. The van der Waals surface area contributed by atoms with E-state index in [1.165, 1.54) is 63.8 Å². The average molecular weight is 795 g/mol. The summed E-state index contributed by atoms with van der Waals surface area (Å²) in [4.78, 5) is 14.5. The number of hydrogen-bond donors (Lipinski definition) is 0. The molecule has 9 aromatic rings.